The Bertz CT molecular complexity index is 570. The highest BCUT2D eigenvalue weighted by atomic mass is 35.5. The van der Waals surface area contributed by atoms with Crippen LogP contribution in [0.25, 0.3) is 11.3 Å². The summed E-state index contributed by atoms with van der Waals surface area (Å²) in [7, 11) is 3.50. The molecule has 1 atom stereocenters. The van der Waals surface area contributed by atoms with Crippen LogP contribution < -0.4 is 0 Å². The second kappa shape index (κ2) is 7.61. The molecule has 0 spiro atoms. The number of hydrogen-bond donors (Lipinski definition) is 1. The van der Waals surface area contributed by atoms with Crippen LogP contribution in [0.2, 0.25) is 5.02 Å². The fraction of sp³-hybridized carbons (Fsp3) is 0.375. The van der Waals surface area contributed by atoms with Crippen molar-refractivity contribution in [1.29, 1.82) is 0 Å². The lowest BCUT2D eigenvalue weighted by Gasteiger charge is -2.18. The Labute approximate surface area is 129 Å². The zero-order valence-electron chi connectivity index (χ0n) is 12.3. The van der Waals surface area contributed by atoms with Gasteiger partial charge in [-0.25, -0.2) is 0 Å². The van der Waals surface area contributed by atoms with Gasteiger partial charge in [-0.15, -0.1) is 0 Å². The Morgan fingerprint density at radius 2 is 2.05 bits per heavy atom. The molecule has 0 saturated heterocycles. The van der Waals surface area contributed by atoms with Gasteiger partial charge in [0.1, 0.15) is 11.5 Å². The zero-order valence-corrected chi connectivity index (χ0v) is 13.0. The van der Waals surface area contributed by atoms with Crippen LogP contribution in [-0.4, -0.2) is 43.4 Å². The van der Waals surface area contributed by atoms with E-state index in [1.807, 2.05) is 48.3 Å². The lowest BCUT2D eigenvalue weighted by atomic mass is 10.2. The molecule has 5 heteroatoms. The van der Waals surface area contributed by atoms with Crippen LogP contribution in [-0.2, 0) is 11.3 Å². The van der Waals surface area contributed by atoms with Crippen molar-refractivity contribution in [3.63, 3.8) is 0 Å². The van der Waals surface area contributed by atoms with Crippen LogP contribution >= 0.6 is 11.6 Å². The van der Waals surface area contributed by atoms with Gasteiger partial charge in [0.25, 0.3) is 0 Å². The van der Waals surface area contributed by atoms with Crippen LogP contribution in [0.1, 0.15) is 5.76 Å². The summed E-state index contributed by atoms with van der Waals surface area (Å²) < 4.78 is 10.7. The third kappa shape index (κ3) is 4.58. The molecule has 0 saturated carbocycles. The summed E-state index contributed by atoms with van der Waals surface area (Å²) in [4.78, 5) is 1.99. The molecule has 2 aromatic rings. The standard InChI is InChI=1S/C16H20ClNO3/c1-18(9-12(19)11-20-2)10-13-7-8-16(21-13)14-5-3-4-6-15(14)17/h3-8,12,19H,9-11H2,1-2H3. The minimum absolute atomic E-state index is 0.327. The van der Waals surface area contributed by atoms with Crippen LogP contribution in [0.3, 0.4) is 0 Å². The highest BCUT2D eigenvalue weighted by molar-refractivity contribution is 6.33. The Kier molecular flexibility index (Phi) is 5.82. The molecular formula is C16H20ClNO3. The summed E-state index contributed by atoms with van der Waals surface area (Å²) in [5.74, 6) is 1.58. The topological polar surface area (TPSA) is 45.8 Å². The third-order valence-electron chi connectivity index (χ3n) is 3.11. The molecule has 1 N–H and O–H groups in total. The SMILES string of the molecule is COCC(O)CN(C)Cc1ccc(-c2ccccc2Cl)o1. The summed E-state index contributed by atoms with van der Waals surface area (Å²) in [5.41, 5.74) is 0.882. The van der Waals surface area contributed by atoms with Gasteiger partial charge in [-0.1, -0.05) is 23.7 Å². The van der Waals surface area contributed by atoms with E-state index in [2.05, 4.69) is 0 Å². The Morgan fingerprint density at radius 1 is 1.29 bits per heavy atom. The third-order valence-corrected chi connectivity index (χ3v) is 3.44. The fourth-order valence-corrected chi connectivity index (χ4v) is 2.43. The Hall–Kier alpha value is -1.33. The minimum Gasteiger partial charge on any atom is -0.460 e. The molecule has 0 amide bonds. The molecule has 1 unspecified atom stereocenters. The number of rotatable bonds is 7. The molecule has 1 aromatic heterocycles. The van der Waals surface area contributed by atoms with E-state index < -0.39 is 6.10 Å². The van der Waals surface area contributed by atoms with E-state index in [1.54, 1.807) is 7.11 Å². The minimum atomic E-state index is -0.502. The predicted octanol–water partition coefficient (Wildman–Crippen LogP) is 3.04. The van der Waals surface area contributed by atoms with Gasteiger partial charge >= 0.3 is 0 Å². The smallest absolute Gasteiger partial charge is 0.135 e. The number of nitrogens with zero attached hydrogens (tertiary/aromatic N) is 1. The Morgan fingerprint density at radius 3 is 2.76 bits per heavy atom. The number of ether oxygens (including phenoxy) is 1. The molecule has 4 nitrogen and oxygen atoms in total. The maximum absolute atomic E-state index is 9.70. The summed E-state index contributed by atoms with van der Waals surface area (Å²) in [6.07, 6.45) is -0.502. The van der Waals surface area contributed by atoms with Crippen LogP contribution in [0.15, 0.2) is 40.8 Å². The van der Waals surface area contributed by atoms with Crippen molar-refractivity contribution in [3.8, 4) is 11.3 Å². The number of hydrogen-bond acceptors (Lipinski definition) is 4. The van der Waals surface area contributed by atoms with Gasteiger partial charge in [0.2, 0.25) is 0 Å². The Balaban J connectivity index is 1.99. The zero-order chi connectivity index (χ0) is 15.2. The van der Waals surface area contributed by atoms with Crippen molar-refractivity contribution < 1.29 is 14.3 Å². The van der Waals surface area contributed by atoms with Crippen molar-refractivity contribution in [1.82, 2.24) is 4.90 Å². The highest BCUT2D eigenvalue weighted by Gasteiger charge is 2.12. The molecule has 114 valence electrons. The summed E-state index contributed by atoms with van der Waals surface area (Å²) in [6.45, 7) is 1.47. The van der Waals surface area contributed by atoms with Crippen molar-refractivity contribution >= 4 is 11.6 Å². The lowest BCUT2D eigenvalue weighted by Crippen LogP contribution is -2.31. The normalized spacial score (nSPS) is 12.8. The van der Waals surface area contributed by atoms with Crippen LogP contribution in [0.5, 0.6) is 0 Å². The van der Waals surface area contributed by atoms with Gasteiger partial charge in [0.05, 0.1) is 24.3 Å². The second-order valence-electron chi connectivity index (χ2n) is 5.05. The maximum Gasteiger partial charge on any atom is 0.135 e. The molecule has 2 rings (SSSR count). The summed E-state index contributed by atoms with van der Waals surface area (Å²) in [5, 5.41) is 10.4. The quantitative estimate of drug-likeness (QED) is 0.854. The first-order chi connectivity index (χ1) is 10.1. The fourth-order valence-electron chi connectivity index (χ4n) is 2.20. The largest absolute Gasteiger partial charge is 0.460 e. The first-order valence-corrected chi connectivity index (χ1v) is 7.17. The van der Waals surface area contributed by atoms with Crippen molar-refractivity contribution in [3.05, 3.63) is 47.2 Å². The number of furan rings is 1. The number of methoxy groups -OCH3 is 1. The van der Waals surface area contributed by atoms with E-state index in [9.17, 15) is 5.11 Å². The van der Waals surface area contributed by atoms with Gasteiger partial charge < -0.3 is 14.3 Å². The summed E-state index contributed by atoms with van der Waals surface area (Å²) in [6, 6.07) is 11.4. The molecule has 1 aromatic carbocycles. The van der Waals surface area contributed by atoms with Gasteiger partial charge in [0, 0.05) is 19.2 Å². The van der Waals surface area contributed by atoms with Crippen LogP contribution in [0.4, 0.5) is 0 Å². The number of halogens is 1. The van der Waals surface area contributed by atoms with E-state index in [0.717, 1.165) is 17.1 Å². The van der Waals surface area contributed by atoms with Crippen molar-refractivity contribution in [2.24, 2.45) is 0 Å². The molecule has 0 aliphatic heterocycles. The van der Waals surface area contributed by atoms with E-state index in [4.69, 9.17) is 20.8 Å². The maximum atomic E-state index is 9.70. The first kappa shape index (κ1) is 16.0. The summed E-state index contributed by atoms with van der Waals surface area (Å²) >= 11 is 6.16. The van der Waals surface area contributed by atoms with E-state index >= 15 is 0 Å². The average Bonchev–Trinajstić information content (AvgIpc) is 2.87. The number of benzene rings is 1. The van der Waals surface area contributed by atoms with E-state index in [-0.39, 0.29) is 0 Å². The predicted molar refractivity (Wildman–Crippen MR) is 83.4 cm³/mol. The molecule has 0 bridgehead atoms. The number of aliphatic hydroxyl groups is 1. The molecular weight excluding hydrogens is 290 g/mol. The van der Waals surface area contributed by atoms with Gasteiger partial charge in [-0.05, 0) is 31.3 Å². The van der Waals surface area contributed by atoms with Gasteiger partial charge in [-0.3, -0.25) is 4.90 Å². The number of aliphatic hydroxyl groups excluding tert-OH is 1. The van der Waals surface area contributed by atoms with Crippen molar-refractivity contribution in [2.75, 3.05) is 27.3 Å². The van der Waals surface area contributed by atoms with E-state index in [0.29, 0.717) is 24.7 Å². The molecule has 0 radical (unpaired) electrons. The molecule has 21 heavy (non-hydrogen) atoms. The van der Waals surface area contributed by atoms with Gasteiger partial charge in [0.15, 0.2) is 0 Å². The molecule has 0 fully saturated rings. The lowest BCUT2D eigenvalue weighted by molar-refractivity contribution is 0.0407. The van der Waals surface area contributed by atoms with Crippen LogP contribution in [0, 0.1) is 0 Å². The molecule has 0 aliphatic rings. The molecule has 1 heterocycles. The second-order valence-corrected chi connectivity index (χ2v) is 5.46. The number of likely N-dealkylation sites (N-methyl/N-ethyl adjacent to an activating group) is 1. The molecule has 0 aliphatic carbocycles. The monoisotopic (exact) mass is 309 g/mol. The van der Waals surface area contributed by atoms with E-state index in [1.165, 1.54) is 0 Å². The highest BCUT2D eigenvalue weighted by Crippen LogP contribution is 2.29. The van der Waals surface area contributed by atoms with Crippen molar-refractivity contribution in [2.45, 2.75) is 12.6 Å². The van der Waals surface area contributed by atoms with Gasteiger partial charge in [-0.2, -0.15) is 0 Å². The average molecular weight is 310 g/mol. The first-order valence-electron chi connectivity index (χ1n) is 6.79.